The minimum Gasteiger partial charge on any atom is -0.374 e. The molecule has 2 aromatic heterocycles. The van der Waals surface area contributed by atoms with Crippen LogP contribution in [0, 0.1) is 0 Å². The van der Waals surface area contributed by atoms with Crippen molar-refractivity contribution in [1.82, 2.24) is 19.5 Å². The van der Waals surface area contributed by atoms with Crippen LogP contribution >= 0.6 is 6.72 Å². The Morgan fingerprint density at radius 1 is 1.46 bits per heavy atom. The highest BCUT2D eigenvalue weighted by Crippen LogP contribution is 2.53. The van der Waals surface area contributed by atoms with Gasteiger partial charge in [0.1, 0.15) is 12.2 Å². The quantitative estimate of drug-likeness (QED) is 0.541. The van der Waals surface area contributed by atoms with Crippen molar-refractivity contribution in [2.24, 2.45) is 0 Å². The fourth-order valence-corrected chi connectivity index (χ4v) is 4.53. The average Bonchev–Trinajstić information content (AvgIpc) is 3.20. The molecule has 2 unspecified atom stereocenters. The number of anilines is 1. The number of nitrogens with one attached hydrogen (secondary N) is 1. The third kappa shape index (κ3) is 3.50. The van der Waals surface area contributed by atoms with E-state index in [9.17, 15) is 9.69 Å². The zero-order valence-electron chi connectivity index (χ0n) is 16.0. The topological polar surface area (TPSA) is 147 Å². The number of H-pyrrole nitrogens is 1. The molecule has 2 aromatic rings. The maximum absolute atomic E-state index is 12.1. The van der Waals surface area contributed by atoms with Gasteiger partial charge in [0.2, 0.25) is 5.95 Å². The van der Waals surface area contributed by atoms with E-state index in [0.29, 0.717) is 12.8 Å². The van der Waals surface area contributed by atoms with Crippen LogP contribution in [0.3, 0.4) is 0 Å². The van der Waals surface area contributed by atoms with Crippen LogP contribution in [-0.4, -0.2) is 56.4 Å². The van der Waals surface area contributed by atoms with E-state index in [-0.39, 0.29) is 17.1 Å². The largest absolute Gasteiger partial charge is 0.374 e. The molecule has 0 spiro atoms. The lowest BCUT2D eigenvalue weighted by molar-refractivity contribution is -0.105. The third-order valence-corrected chi connectivity index (χ3v) is 6.79. The van der Waals surface area contributed by atoms with E-state index in [1.165, 1.54) is 20.5 Å². The number of nitrogens with two attached hydrogens (primary N) is 1. The second-order valence-corrected chi connectivity index (χ2v) is 9.33. The smallest absolute Gasteiger partial charge is 0.324 e. The van der Waals surface area contributed by atoms with Crippen LogP contribution in [0.5, 0.6) is 0 Å². The van der Waals surface area contributed by atoms with Crippen molar-refractivity contribution in [1.29, 1.82) is 0 Å². The van der Waals surface area contributed by atoms with Crippen molar-refractivity contribution in [3.8, 4) is 0 Å². The van der Waals surface area contributed by atoms with Crippen LogP contribution in [0.2, 0.25) is 0 Å². The molecule has 1 aliphatic rings. The van der Waals surface area contributed by atoms with Gasteiger partial charge < -0.3 is 24.6 Å². The van der Waals surface area contributed by atoms with Crippen LogP contribution < -0.4 is 11.3 Å². The molecule has 13 heteroatoms. The number of rotatable bonds is 7. The first-order valence-electron chi connectivity index (χ1n) is 8.71. The molecule has 4 atom stereocenters. The maximum Gasteiger partial charge on any atom is 0.324 e. The number of aromatic amines is 1. The highest BCUT2D eigenvalue weighted by atomic mass is 32.5. The molecule has 0 bridgehead atoms. The summed E-state index contributed by atoms with van der Waals surface area (Å²) in [7, 11) is 2.79. The molecule has 0 amide bonds. The maximum atomic E-state index is 12.1. The number of methoxy groups -OCH3 is 1. The Balaban J connectivity index is 2.12. The Kier molecular flexibility index (Phi) is 5.93. The van der Waals surface area contributed by atoms with Crippen molar-refractivity contribution in [3.05, 3.63) is 16.7 Å². The molecule has 0 aliphatic carbocycles. The first kappa shape index (κ1) is 21.3. The van der Waals surface area contributed by atoms with Gasteiger partial charge >= 0.3 is 6.72 Å². The van der Waals surface area contributed by atoms with Gasteiger partial charge in [-0.1, -0.05) is 13.8 Å². The first-order valence-corrected chi connectivity index (χ1v) is 11.3. The molecule has 11 nitrogen and oxygen atoms in total. The number of fused-ring (bicyclic) bond motifs is 1. The lowest BCUT2D eigenvalue weighted by Crippen LogP contribution is -2.44. The van der Waals surface area contributed by atoms with E-state index in [4.69, 9.17) is 36.1 Å². The van der Waals surface area contributed by atoms with Gasteiger partial charge in [0.25, 0.3) is 5.56 Å². The molecule has 1 saturated heterocycles. The Morgan fingerprint density at radius 2 is 2.14 bits per heavy atom. The number of ether oxygens (including phenoxy) is 2. The van der Waals surface area contributed by atoms with E-state index in [1.807, 2.05) is 13.8 Å². The van der Waals surface area contributed by atoms with E-state index < -0.39 is 36.3 Å². The normalized spacial score (nSPS) is 26.5. The van der Waals surface area contributed by atoms with Crippen molar-refractivity contribution in [3.63, 3.8) is 0 Å². The zero-order valence-corrected chi connectivity index (χ0v) is 17.7. The highest BCUT2D eigenvalue weighted by molar-refractivity contribution is 8.07. The molecule has 3 heterocycles. The summed E-state index contributed by atoms with van der Waals surface area (Å²) < 4.78 is 24.4. The van der Waals surface area contributed by atoms with Gasteiger partial charge in [0, 0.05) is 14.2 Å². The standard InChI is InChI=1S/C15H24N5O6PS/c1-5-15(6-2)10(26-27(22,28)24-4)9(23-3)13(25-15)20-7-17-8-11(20)18-14(16)19-12(8)21/h7,9-10,13H,5-6H2,1-4H3,(H,22,28)(H3,16,18,19,21)/t9?,10-,13-,27?/m1/s1. The van der Waals surface area contributed by atoms with E-state index in [2.05, 4.69) is 15.0 Å². The SMILES string of the molecule is CCC1(CC)O[C@@H](n2cnc3c(=O)[nH]c(N)nc32)C(OC)[C@H]1OP(O)(=S)OC. The highest BCUT2D eigenvalue weighted by Gasteiger charge is 2.57. The number of imidazole rings is 1. The van der Waals surface area contributed by atoms with Crippen LogP contribution in [0.25, 0.3) is 11.2 Å². The molecule has 0 saturated carbocycles. The molecule has 3 rings (SSSR count). The molecular formula is C15H24N5O6PS. The summed E-state index contributed by atoms with van der Waals surface area (Å²) in [5.74, 6) is -0.0403. The fourth-order valence-electron chi connectivity index (χ4n) is 3.57. The predicted octanol–water partition coefficient (Wildman–Crippen LogP) is 1.05. The minimum absolute atomic E-state index is 0.0403. The van der Waals surface area contributed by atoms with Crippen LogP contribution in [0.1, 0.15) is 32.9 Å². The van der Waals surface area contributed by atoms with E-state index >= 15 is 0 Å². The van der Waals surface area contributed by atoms with E-state index in [0.717, 1.165) is 0 Å². The molecule has 0 aromatic carbocycles. The summed E-state index contributed by atoms with van der Waals surface area (Å²) in [6.45, 7) is 0.391. The van der Waals surface area contributed by atoms with Crippen molar-refractivity contribution >= 4 is 35.6 Å². The number of aromatic nitrogens is 4. The van der Waals surface area contributed by atoms with E-state index in [1.54, 1.807) is 4.57 Å². The summed E-state index contributed by atoms with van der Waals surface area (Å²) in [4.78, 5) is 33.1. The minimum atomic E-state index is -3.49. The van der Waals surface area contributed by atoms with Crippen molar-refractivity contribution < 1.29 is 23.4 Å². The van der Waals surface area contributed by atoms with Crippen LogP contribution in [0.4, 0.5) is 5.95 Å². The predicted molar refractivity (Wildman–Crippen MR) is 105 cm³/mol. The molecular weight excluding hydrogens is 409 g/mol. The van der Waals surface area contributed by atoms with Gasteiger partial charge in [-0.2, -0.15) is 4.98 Å². The van der Waals surface area contributed by atoms with Gasteiger partial charge in [-0.25, -0.2) is 4.98 Å². The summed E-state index contributed by atoms with van der Waals surface area (Å²) in [6.07, 6.45) is 0.431. The average molecular weight is 433 g/mol. The van der Waals surface area contributed by atoms with Crippen LogP contribution in [0.15, 0.2) is 11.1 Å². The molecule has 0 radical (unpaired) electrons. The summed E-state index contributed by atoms with van der Waals surface area (Å²) in [5.41, 5.74) is 4.81. The molecule has 4 N–H and O–H groups in total. The number of hydrogen-bond donors (Lipinski definition) is 3. The second kappa shape index (κ2) is 7.79. The number of hydrogen-bond acceptors (Lipinski definition) is 9. The Hall–Kier alpha value is -1.40. The lowest BCUT2D eigenvalue weighted by Gasteiger charge is -2.34. The van der Waals surface area contributed by atoms with Gasteiger partial charge in [-0.3, -0.25) is 18.9 Å². The van der Waals surface area contributed by atoms with Gasteiger partial charge in [0.15, 0.2) is 17.4 Å². The second-order valence-electron chi connectivity index (χ2n) is 6.43. The fraction of sp³-hybridized carbons (Fsp3) is 0.667. The van der Waals surface area contributed by atoms with Gasteiger partial charge in [-0.05, 0) is 24.6 Å². The van der Waals surface area contributed by atoms with Gasteiger partial charge in [0.05, 0.1) is 11.9 Å². The summed E-state index contributed by atoms with van der Waals surface area (Å²) in [5, 5.41) is 0. The van der Waals surface area contributed by atoms with Crippen molar-refractivity contribution in [2.45, 2.75) is 50.7 Å². The van der Waals surface area contributed by atoms with Gasteiger partial charge in [-0.15, -0.1) is 0 Å². The molecule has 1 fully saturated rings. The molecule has 28 heavy (non-hydrogen) atoms. The zero-order chi connectivity index (χ0) is 20.7. The van der Waals surface area contributed by atoms with Crippen LogP contribution in [-0.2, 0) is 30.3 Å². The Labute approximate surface area is 166 Å². The Bertz CT molecular complexity index is 960. The Morgan fingerprint density at radius 3 is 2.71 bits per heavy atom. The third-order valence-electron chi connectivity index (χ3n) is 5.12. The monoisotopic (exact) mass is 433 g/mol. The number of nitrogen functional groups attached to an aromatic ring is 1. The summed E-state index contributed by atoms with van der Waals surface area (Å²) in [6, 6.07) is 0. The van der Waals surface area contributed by atoms with Crippen molar-refractivity contribution in [2.75, 3.05) is 20.0 Å². The number of nitrogens with zero attached hydrogens (tertiary/aromatic N) is 3. The lowest BCUT2D eigenvalue weighted by atomic mass is 9.90. The molecule has 156 valence electrons. The summed E-state index contributed by atoms with van der Waals surface area (Å²) >= 11 is 5.05. The molecule has 1 aliphatic heterocycles. The first-order chi connectivity index (χ1) is 13.2.